The fourth-order valence-electron chi connectivity index (χ4n) is 1.57. The Morgan fingerprint density at radius 3 is 2.67 bits per heavy atom. The highest BCUT2D eigenvalue weighted by Gasteiger charge is 2.12. The topological polar surface area (TPSA) is 0 Å². The molecule has 0 aromatic carbocycles. The smallest absolute Gasteiger partial charge is 0.00193 e. The van der Waals surface area contributed by atoms with Crippen molar-refractivity contribution < 1.29 is 0 Å². The summed E-state index contributed by atoms with van der Waals surface area (Å²) in [6.07, 6.45) is 6.93. The molecule has 0 heterocycles. The zero-order valence-electron chi connectivity index (χ0n) is 6.14. The summed E-state index contributed by atoms with van der Waals surface area (Å²) in [6.45, 7) is 2.34. The second-order valence-corrected chi connectivity index (χ2v) is 4.01. The van der Waals surface area contributed by atoms with Crippen LogP contribution >= 0.6 is 12.6 Å². The molecule has 2 unspecified atom stereocenters. The van der Waals surface area contributed by atoms with Crippen LogP contribution in [0.5, 0.6) is 0 Å². The first-order chi connectivity index (χ1) is 4.29. The minimum Gasteiger partial charge on any atom is -0.176 e. The van der Waals surface area contributed by atoms with Gasteiger partial charge in [-0.05, 0) is 18.8 Å². The largest absolute Gasteiger partial charge is 0.176 e. The van der Waals surface area contributed by atoms with Crippen LogP contribution in [0.15, 0.2) is 0 Å². The number of hydrogen-bond acceptors (Lipinski definition) is 1. The molecule has 0 amide bonds. The molecule has 9 heavy (non-hydrogen) atoms. The van der Waals surface area contributed by atoms with Crippen molar-refractivity contribution in [2.24, 2.45) is 5.92 Å². The minimum absolute atomic E-state index is 0.697. The minimum atomic E-state index is 0.697. The Kier molecular flexibility index (Phi) is 2.90. The van der Waals surface area contributed by atoms with Gasteiger partial charge in [-0.3, -0.25) is 0 Å². The van der Waals surface area contributed by atoms with Crippen molar-refractivity contribution in [2.75, 3.05) is 0 Å². The van der Waals surface area contributed by atoms with Crippen LogP contribution in [0, 0.1) is 5.92 Å². The van der Waals surface area contributed by atoms with Crippen molar-refractivity contribution in [3.05, 3.63) is 0 Å². The molecule has 0 aromatic heterocycles. The Morgan fingerprint density at radius 2 is 1.89 bits per heavy atom. The third kappa shape index (κ3) is 2.61. The van der Waals surface area contributed by atoms with Crippen LogP contribution in [0.3, 0.4) is 0 Å². The van der Waals surface area contributed by atoms with Crippen LogP contribution in [0.4, 0.5) is 0 Å². The monoisotopic (exact) mass is 144 g/mol. The molecule has 0 nitrogen and oxygen atoms in total. The van der Waals surface area contributed by atoms with E-state index < -0.39 is 0 Å². The van der Waals surface area contributed by atoms with Crippen LogP contribution in [0.25, 0.3) is 0 Å². The molecule has 1 rings (SSSR count). The summed E-state index contributed by atoms with van der Waals surface area (Å²) in [4.78, 5) is 0. The molecule has 54 valence electrons. The van der Waals surface area contributed by atoms with Gasteiger partial charge in [-0.15, -0.1) is 0 Å². The van der Waals surface area contributed by atoms with Gasteiger partial charge >= 0.3 is 0 Å². The Bertz CT molecular complexity index is 70.6. The van der Waals surface area contributed by atoms with Crippen LogP contribution in [-0.4, -0.2) is 5.25 Å². The molecule has 1 aliphatic rings. The van der Waals surface area contributed by atoms with Crippen LogP contribution in [0.2, 0.25) is 0 Å². The van der Waals surface area contributed by atoms with Gasteiger partial charge in [-0.2, -0.15) is 12.6 Å². The van der Waals surface area contributed by atoms with E-state index in [-0.39, 0.29) is 0 Å². The lowest BCUT2D eigenvalue weighted by molar-refractivity contribution is 0.510. The fraction of sp³-hybridized carbons (Fsp3) is 1.00. The number of rotatable bonds is 0. The maximum absolute atomic E-state index is 4.49. The number of thiol groups is 1. The average molecular weight is 144 g/mol. The lowest BCUT2D eigenvalue weighted by Gasteiger charge is -2.09. The predicted octanol–water partition coefficient (Wildman–Crippen LogP) is 2.89. The van der Waals surface area contributed by atoms with Gasteiger partial charge in [0.05, 0.1) is 0 Å². The molecule has 1 fully saturated rings. The average Bonchev–Trinajstić information content (AvgIpc) is 1.93. The van der Waals surface area contributed by atoms with Crippen LogP contribution < -0.4 is 0 Å². The summed E-state index contributed by atoms with van der Waals surface area (Å²) in [7, 11) is 0. The molecule has 1 aliphatic carbocycles. The molecule has 1 saturated carbocycles. The van der Waals surface area contributed by atoms with E-state index in [2.05, 4.69) is 19.6 Å². The van der Waals surface area contributed by atoms with E-state index in [0.29, 0.717) is 5.25 Å². The molecule has 0 spiro atoms. The number of hydrogen-bond donors (Lipinski definition) is 1. The summed E-state index contributed by atoms with van der Waals surface area (Å²) in [5.74, 6) is 0.926. The Labute approximate surface area is 63.4 Å². The third-order valence-electron chi connectivity index (χ3n) is 2.16. The summed E-state index contributed by atoms with van der Waals surface area (Å²) in [5.41, 5.74) is 0. The molecule has 2 atom stereocenters. The SMILES string of the molecule is CC1CCCCC(S)C1. The molecular weight excluding hydrogens is 128 g/mol. The lowest BCUT2D eigenvalue weighted by Crippen LogP contribution is -2.00. The molecule has 0 radical (unpaired) electrons. The predicted molar refractivity (Wildman–Crippen MR) is 45.0 cm³/mol. The van der Waals surface area contributed by atoms with Crippen molar-refractivity contribution in [1.82, 2.24) is 0 Å². The fourth-order valence-corrected chi connectivity index (χ4v) is 2.12. The molecule has 0 bridgehead atoms. The van der Waals surface area contributed by atoms with Gasteiger partial charge in [-0.1, -0.05) is 26.2 Å². The first kappa shape index (κ1) is 7.46. The van der Waals surface area contributed by atoms with Gasteiger partial charge < -0.3 is 0 Å². The molecule has 1 heteroatoms. The first-order valence-electron chi connectivity index (χ1n) is 3.97. The standard InChI is InChI=1S/C8H16S/c1-7-4-2-3-5-8(9)6-7/h7-9H,2-6H2,1H3. The van der Waals surface area contributed by atoms with E-state index in [9.17, 15) is 0 Å². The van der Waals surface area contributed by atoms with E-state index in [0.717, 1.165) is 5.92 Å². The summed E-state index contributed by atoms with van der Waals surface area (Å²) >= 11 is 4.49. The molecular formula is C8H16S. The van der Waals surface area contributed by atoms with Crippen molar-refractivity contribution in [3.63, 3.8) is 0 Å². The van der Waals surface area contributed by atoms with E-state index >= 15 is 0 Å². The van der Waals surface area contributed by atoms with E-state index in [1.165, 1.54) is 32.1 Å². The normalized spacial score (nSPS) is 38.0. The van der Waals surface area contributed by atoms with Gasteiger partial charge in [0.15, 0.2) is 0 Å². The van der Waals surface area contributed by atoms with Crippen molar-refractivity contribution in [3.8, 4) is 0 Å². The van der Waals surface area contributed by atoms with Crippen LogP contribution in [-0.2, 0) is 0 Å². The Morgan fingerprint density at radius 1 is 1.22 bits per heavy atom. The van der Waals surface area contributed by atoms with E-state index in [1.54, 1.807) is 0 Å². The highest BCUT2D eigenvalue weighted by atomic mass is 32.1. The van der Waals surface area contributed by atoms with Crippen LogP contribution in [0.1, 0.15) is 39.0 Å². The van der Waals surface area contributed by atoms with E-state index in [4.69, 9.17) is 0 Å². The highest BCUT2D eigenvalue weighted by Crippen LogP contribution is 2.25. The molecule has 0 N–H and O–H groups in total. The summed E-state index contributed by atoms with van der Waals surface area (Å²) in [6, 6.07) is 0. The van der Waals surface area contributed by atoms with Gasteiger partial charge in [0.25, 0.3) is 0 Å². The Hall–Kier alpha value is 0.350. The third-order valence-corrected chi connectivity index (χ3v) is 2.63. The quantitative estimate of drug-likeness (QED) is 0.392. The maximum Gasteiger partial charge on any atom is 0.00193 e. The van der Waals surface area contributed by atoms with Gasteiger partial charge in [0.1, 0.15) is 0 Å². The van der Waals surface area contributed by atoms with E-state index in [1.807, 2.05) is 0 Å². The van der Waals surface area contributed by atoms with Gasteiger partial charge in [0, 0.05) is 5.25 Å². The van der Waals surface area contributed by atoms with Crippen molar-refractivity contribution >= 4 is 12.6 Å². The second kappa shape index (κ2) is 3.50. The maximum atomic E-state index is 4.49. The van der Waals surface area contributed by atoms with Crippen molar-refractivity contribution in [1.29, 1.82) is 0 Å². The summed E-state index contributed by atoms with van der Waals surface area (Å²) < 4.78 is 0. The van der Waals surface area contributed by atoms with Gasteiger partial charge in [-0.25, -0.2) is 0 Å². The molecule has 0 saturated heterocycles. The molecule has 0 aromatic rings. The first-order valence-corrected chi connectivity index (χ1v) is 4.48. The zero-order chi connectivity index (χ0) is 6.69. The molecule has 0 aliphatic heterocycles. The van der Waals surface area contributed by atoms with Crippen molar-refractivity contribution in [2.45, 2.75) is 44.3 Å². The lowest BCUT2D eigenvalue weighted by atomic mass is 10.0. The highest BCUT2D eigenvalue weighted by molar-refractivity contribution is 7.80. The zero-order valence-corrected chi connectivity index (χ0v) is 7.03. The second-order valence-electron chi connectivity index (χ2n) is 3.28. The van der Waals surface area contributed by atoms with Gasteiger partial charge in [0.2, 0.25) is 0 Å². The Balaban J connectivity index is 2.29. The summed E-state index contributed by atoms with van der Waals surface area (Å²) in [5, 5.41) is 0.697.